The second kappa shape index (κ2) is 7.03. The standard InChI is InChI=1S/C17H20N2O2S/c20-14(12-5-1-2-6-12)11-18-16(21)9-10-17-19-13-7-3-4-8-15(13)22-17/h3-4,7-10,12,14,20H,1-2,5-6,11H2,(H,18,21)/b10-9+. The fourth-order valence-corrected chi connectivity index (χ4v) is 3.75. The third-order valence-corrected chi connectivity index (χ3v) is 5.12. The summed E-state index contributed by atoms with van der Waals surface area (Å²) in [6.45, 7) is 0.327. The predicted octanol–water partition coefficient (Wildman–Crippen LogP) is 2.98. The smallest absolute Gasteiger partial charge is 0.244 e. The zero-order valence-electron chi connectivity index (χ0n) is 12.4. The summed E-state index contributed by atoms with van der Waals surface area (Å²) in [5.74, 6) is 0.157. The zero-order chi connectivity index (χ0) is 15.4. The Morgan fingerprint density at radius 3 is 2.95 bits per heavy atom. The van der Waals surface area contributed by atoms with Crippen molar-refractivity contribution in [2.75, 3.05) is 6.54 Å². The number of carbonyl (C=O) groups is 1. The van der Waals surface area contributed by atoms with Crippen LogP contribution in [-0.2, 0) is 4.79 Å². The van der Waals surface area contributed by atoms with Crippen molar-refractivity contribution in [1.82, 2.24) is 10.3 Å². The summed E-state index contributed by atoms with van der Waals surface area (Å²) in [6, 6.07) is 7.90. The van der Waals surface area contributed by atoms with Crippen LogP contribution in [-0.4, -0.2) is 28.6 Å². The Morgan fingerprint density at radius 2 is 2.18 bits per heavy atom. The molecule has 4 nitrogen and oxygen atoms in total. The SMILES string of the molecule is O=C(/C=C/c1nc2ccccc2s1)NCC(O)C1CCCC1. The van der Waals surface area contributed by atoms with E-state index in [2.05, 4.69) is 10.3 Å². The van der Waals surface area contributed by atoms with E-state index >= 15 is 0 Å². The molecule has 1 saturated carbocycles. The number of benzene rings is 1. The number of nitrogens with zero attached hydrogens (tertiary/aromatic N) is 1. The van der Waals surface area contributed by atoms with Gasteiger partial charge in [0.15, 0.2) is 0 Å². The average molecular weight is 316 g/mol. The quantitative estimate of drug-likeness (QED) is 0.834. The normalized spacial score (nSPS) is 17.3. The van der Waals surface area contributed by atoms with Crippen LogP contribution in [0.25, 0.3) is 16.3 Å². The van der Waals surface area contributed by atoms with Gasteiger partial charge in [-0.1, -0.05) is 25.0 Å². The first-order valence-electron chi connectivity index (χ1n) is 7.72. The first-order valence-corrected chi connectivity index (χ1v) is 8.53. The second-order valence-electron chi connectivity index (χ2n) is 5.71. The molecule has 1 amide bonds. The van der Waals surface area contributed by atoms with E-state index in [4.69, 9.17) is 0 Å². The second-order valence-corrected chi connectivity index (χ2v) is 6.77. The number of para-hydroxylation sites is 1. The number of amides is 1. The minimum Gasteiger partial charge on any atom is -0.391 e. The molecular weight excluding hydrogens is 296 g/mol. The van der Waals surface area contributed by atoms with Gasteiger partial charge >= 0.3 is 0 Å². The molecule has 22 heavy (non-hydrogen) atoms. The lowest BCUT2D eigenvalue weighted by molar-refractivity contribution is -0.117. The van der Waals surface area contributed by atoms with Crippen molar-refractivity contribution in [2.24, 2.45) is 5.92 Å². The van der Waals surface area contributed by atoms with Crippen molar-refractivity contribution in [3.63, 3.8) is 0 Å². The van der Waals surface area contributed by atoms with Gasteiger partial charge in [0.05, 0.1) is 16.3 Å². The lowest BCUT2D eigenvalue weighted by atomic mass is 10.0. The van der Waals surface area contributed by atoms with Crippen molar-refractivity contribution in [1.29, 1.82) is 0 Å². The van der Waals surface area contributed by atoms with Gasteiger partial charge in [-0.05, 0) is 37.0 Å². The topological polar surface area (TPSA) is 62.2 Å². The molecule has 3 rings (SSSR count). The number of aliphatic hydroxyl groups excluding tert-OH is 1. The number of carbonyl (C=O) groups excluding carboxylic acids is 1. The van der Waals surface area contributed by atoms with Crippen molar-refractivity contribution in [3.05, 3.63) is 35.3 Å². The zero-order valence-corrected chi connectivity index (χ0v) is 13.2. The highest BCUT2D eigenvalue weighted by molar-refractivity contribution is 7.19. The molecular formula is C17H20N2O2S. The lowest BCUT2D eigenvalue weighted by Crippen LogP contribution is -2.34. The number of hydrogen-bond acceptors (Lipinski definition) is 4. The van der Waals surface area contributed by atoms with Crippen LogP contribution in [0.5, 0.6) is 0 Å². The highest BCUT2D eigenvalue weighted by atomic mass is 32.1. The van der Waals surface area contributed by atoms with E-state index in [9.17, 15) is 9.90 Å². The van der Waals surface area contributed by atoms with E-state index < -0.39 is 6.10 Å². The van der Waals surface area contributed by atoms with Crippen molar-refractivity contribution in [3.8, 4) is 0 Å². The van der Waals surface area contributed by atoms with Crippen molar-refractivity contribution >= 4 is 33.5 Å². The van der Waals surface area contributed by atoms with Gasteiger partial charge in [-0.15, -0.1) is 11.3 Å². The van der Waals surface area contributed by atoms with Gasteiger partial charge in [0, 0.05) is 12.6 Å². The molecule has 0 radical (unpaired) electrons. The summed E-state index contributed by atoms with van der Waals surface area (Å²) in [4.78, 5) is 16.3. The van der Waals surface area contributed by atoms with Gasteiger partial charge < -0.3 is 10.4 Å². The summed E-state index contributed by atoms with van der Waals surface area (Å²) in [6.07, 6.45) is 7.29. The molecule has 1 atom stereocenters. The van der Waals surface area contributed by atoms with E-state index in [1.807, 2.05) is 24.3 Å². The van der Waals surface area contributed by atoms with E-state index in [1.165, 1.54) is 18.9 Å². The molecule has 1 heterocycles. The summed E-state index contributed by atoms with van der Waals surface area (Å²) < 4.78 is 1.11. The minimum atomic E-state index is -0.428. The summed E-state index contributed by atoms with van der Waals surface area (Å²) in [7, 11) is 0. The van der Waals surface area contributed by atoms with E-state index in [-0.39, 0.29) is 5.91 Å². The summed E-state index contributed by atoms with van der Waals surface area (Å²) >= 11 is 1.56. The predicted molar refractivity (Wildman–Crippen MR) is 89.6 cm³/mol. The first-order chi connectivity index (χ1) is 10.7. The molecule has 116 valence electrons. The van der Waals surface area contributed by atoms with Gasteiger partial charge in [-0.3, -0.25) is 4.79 Å². The van der Waals surface area contributed by atoms with Gasteiger partial charge in [0.1, 0.15) is 5.01 Å². The maximum atomic E-state index is 11.8. The number of fused-ring (bicyclic) bond motifs is 1. The molecule has 1 aliphatic carbocycles. The molecule has 1 aliphatic rings. The molecule has 5 heteroatoms. The van der Waals surface area contributed by atoms with Crippen molar-refractivity contribution < 1.29 is 9.90 Å². The average Bonchev–Trinajstić information content (AvgIpc) is 3.19. The summed E-state index contributed by atoms with van der Waals surface area (Å²) in [5, 5.41) is 13.6. The van der Waals surface area contributed by atoms with Crippen LogP contribution in [0.4, 0.5) is 0 Å². The first kappa shape index (κ1) is 15.2. The fourth-order valence-electron chi connectivity index (χ4n) is 2.88. The number of aromatic nitrogens is 1. The van der Waals surface area contributed by atoms with Crippen molar-refractivity contribution in [2.45, 2.75) is 31.8 Å². The number of hydrogen-bond donors (Lipinski definition) is 2. The Labute approximate surface area is 133 Å². The van der Waals surface area contributed by atoms with Crippen LogP contribution in [0.2, 0.25) is 0 Å². The van der Waals surface area contributed by atoms with E-state index in [0.717, 1.165) is 28.1 Å². The Hall–Kier alpha value is -1.72. The molecule has 0 bridgehead atoms. The Balaban J connectivity index is 1.52. The highest BCUT2D eigenvalue weighted by Gasteiger charge is 2.22. The maximum absolute atomic E-state index is 11.8. The van der Waals surface area contributed by atoms with Gasteiger partial charge in [-0.25, -0.2) is 4.98 Å². The molecule has 0 spiro atoms. The van der Waals surface area contributed by atoms with Gasteiger partial charge in [-0.2, -0.15) is 0 Å². The van der Waals surface area contributed by atoms with E-state index in [1.54, 1.807) is 17.4 Å². The third kappa shape index (κ3) is 3.72. The number of rotatable bonds is 5. The van der Waals surface area contributed by atoms with Crippen LogP contribution in [0, 0.1) is 5.92 Å². The van der Waals surface area contributed by atoms with Crippen LogP contribution in [0.15, 0.2) is 30.3 Å². The third-order valence-electron chi connectivity index (χ3n) is 4.12. The highest BCUT2D eigenvalue weighted by Crippen LogP contribution is 2.27. The van der Waals surface area contributed by atoms with Gasteiger partial charge in [0.25, 0.3) is 0 Å². The number of aliphatic hydroxyl groups is 1. The molecule has 2 aromatic rings. The summed E-state index contributed by atoms with van der Waals surface area (Å²) in [5.41, 5.74) is 0.948. The molecule has 1 fully saturated rings. The van der Waals surface area contributed by atoms with E-state index in [0.29, 0.717) is 12.5 Å². The fraction of sp³-hybridized carbons (Fsp3) is 0.412. The Kier molecular flexibility index (Phi) is 4.85. The maximum Gasteiger partial charge on any atom is 0.244 e. The Bertz CT molecular complexity index is 641. The molecule has 1 aromatic carbocycles. The van der Waals surface area contributed by atoms with Crippen LogP contribution >= 0.6 is 11.3 Å². The largest absolute Gasteiger partial charge is 0.391 e. The lowest BCUT2D eigenvalue weighted by Gasteiger charge is -2.17. The molecule has 1 unspecified atom stereocenters. The minimum absolute atomic E-state index is 0.184. The molecule has 0 aliphatic heterocycles. The van der Waals surface area contributed by atoms with Crippen LogP contribution in [0.1, 0.15) is 30.7 Å². The van der Waals surface area contributed by atoms with Gasteiger partial charge in [0.2, 0.25) is 5.91 Å². The molecule has 2 N–H and O–H groups in total. The number of nitrogens with one attached hydrogen (secondary N) is 1. The van der Waals surface area contributed by atoms with Crippen LogP contribution in [0.3, 0.4) is 0 Å². The molecule has 0 saturated heterocycles. The Morgan fingerprint density at radius 1 is 1.41 bits per heavy atom. The molecule has 1 aromatic heterocycles. The number of thiazole rings is 1. The monoisotopic (exact) mass is 316 g/mol. The van der Waals surface area contributed by atoms with Crippen LogP contribution < -0.4 is 5.32 Å².